The molecule has 2 aromatic carbocycles. The van der Waals surface area contributed by atoms with Crippen molar-refractivity contribution in [2.75, 3.05) is 33.3 Å². The van der Waals surface area contributed by atoms with Gasteiger partial charge in [-0.05, 0) is 30.3 Å². The lowest BCUT2D eigenvalue weighted by Crippen LogP contribution is -2.50. The topological polar surface area (TPSA) is 78.5 Å². The number of aromatic amines is 1. The van der Waals surface area contributed by atoms with E-state index in [2.05, 4.69) is 9.97 Å². The van der Waals surface area contributed by atoms with Gasteiger partial charge in [-0.25, -0.2) is 4.98 Å². The van der Waals surface area contributed by atoms with Crippen molar-refractivity contribution in [2.24, 2.45) is 0 Å². The van der Waals surface area contributed by atoms with E-state index in [-0.39, 0.29) is 28.1 Å². The van der Waals surface area contributed by atoms with E-state index in [1.807, 2.05) is 6.07 Å². The van der Waals surface area contributed by atoms with Gasteiger partial charge in [-0.2, -0.15) is 0 Å². The SMILES string of the molecule is COc1c(Cl)ccc(Cl)c1C(=O)N1CCN(C(=O)c2ccc3nc[nH]c3c2)CC1. The van der Waals surface area contributed by atoms with E-state index in [0.29, 0.717) is 36.8 Å². The van der Waals surface area contributed by atoms with Gasteiger partial charge in [0, 0.05) is 31.7 Å². The van der Waals surface area contributed by atoms with E-state index in [1.54, 1.807) is 40.4 Å². The number of amides is 2. The molecule has 3 aromatic rings. The monoisotopic (exact) mass is 432 g/mol. The van der Waals surface area contributed by atoms with Crippen LogP contribution < -0.4 is 4.74 Å². The molecule has 0 spiro atoms. The molecule has 29 heavy (non-hydrogen) atoms. The maximum absolute atomic E-state index is 13.0. The average molecular weight is 433 g/mol. The maximum Gasteiger partial charge on any atom is 0.259 e. The number of hydrogen-bond acceptors (Lipinski definition) is 4. The molecule has 1 aliphatic rings. The highest BCUT2D eigenvalue weighted by molar-refractivity contribution is 6.37. The summed E-state index contributed by atoms with van der Waals surface area (Å²) in [5.41, 5.74) is 2.45. The minimum Gasteiger partial charge on any atom is -0.494 e. The van der Waals surface area contributed by atoms with Crippen LogP contribution in [0, 0.1) is 0 Å². The number of piperazine rings is 1. The number of rotatable bonds is 3. The van der Waals surface area contributed by atoms with E-state index in [1.165, 1.54) is 7.11 Å². The summed E-state index contributed by atoms with van der Waals surface area (Å²) < 4.78 is 5.28. The molecule has 150 valence electrons. The van der Waals surface area contributed by atoms with Crippen LogP contribution in [0.3, 0.4) is 0 Å². The lowest BCUT2D eigenvalue weighted by atomic mass is 10.1. The molecule has 0 radical (unpaired) electrons. The van der Waals surface area contributed by atoms with Gasteiger partial charge >= 0.3 is 0 Å². The Morgan fingerprint density at radius 3 is 2.34 bits per heavy atom. The van der Waals surface area contributed by atoms with E-state index < -0.39 is 0 Å². The molecule has 2 heterocycles. The number of methoxy groups -OCH3 is 1. The molecule has 4 rings (SSSR count). The Labute approximate surface area is 177 Å². The van der Waals surface area contributed by atoms with Crippen LogP contribution in [-0.2, 0) is 0 Å². The van der Waals surface area contributed by atoms with Crippen molar-refractivity contribution in [3.05, 3.63) is 57.8 Å². The molecule has 1 aromatic heterocycles. The number of benzene rings is 2. The fourth-order valence-electron chi connectivity index (χ4n) is 3.45. The number of nitrogens with one attached hydrogen (secondary N) is 1. The molecule has 2 amide bonds. The smallest absolute Gasteiger partial charge is 0.259 e. The van der Waals surface area contributed by atoms with E-state index in [9.17, 15) is 9.59 Å². The molecule has 0 bridgehead atoms. The minimum atomic E-state index is -0.264. The number of hydrogen-bond donors (Lipinski definition) is 1. The standard InChI is InChI=1S/C20H18Cl2N4O3/c1-29-18-14(22)4-3-13(21)17(18)20(28)26-8-6-25(7-9-26)19(27)12-2-5-15-16(10-12)24-11-23-15/h2-5,10-11H,6-9H2,1H3,(H,23,24). The van der Waals surface area contributed by atoms with E-state index in [4.69, 9.17) is 27.9 Å². The summed E-state index contributed by atoms with van der Waals surface area (Å²) in [5, 5.41) is 0.603. The molecule has 7 nitrogen and oxygen atoms in total. The highest BCUT2D eigenvalue weighted by Crippen LogP contribution is 2.35. The van der Waals surface area contributed by atoms with E-state index >= 15 is 0 Å². The number of nitrogens with zero attached hydrogens (tertiary/aromatic N) is 3. The molecule has 0 saturated carbocycles. The first-order valence-electron chi connectivity index (χ1n) is 9.03. The van der Waals surface area contributed by atoms with E-state index in [0.717, 1.165) is 11.0 Å². The molecular weight excluding hydrogens is 415 g/mol. The average Bonchev–Trinajstić information content (AvgIpc) is 3.22. The number of H-pyrrole nitrogens is 1. The Balaban J connectivity index is 1.47. The van der Waals surface area contributed by atoms with Crippen molar-refractivity contribution in [3.63, 3.8) is 0 Å². The fourth-order valence-corrected chi connectivity index (χ4v) is 3.92. The quantitative estimate of drug-likeness (QED) is 0.686. The summed E-state index contributed by atoms with van der Waals surface area (Å²) in [5.74, 6) is -0.0807. The second kappa shape index (κ2) is 7.93. The van der Waals surface area contributed by atoms with Crippen LogP contribution in [-0.4, -0.2) is 64.9 Å². The van der Waals surface area contributed by atoms with Crippen LogP contribution in [0.15, 0.2) is 36.7 Å². The normalized spacial score (nSPS) is 14.3. The van der Waals surface area contributed by atoms with Crippen molar-refractivity contribution in [2.45, 2.75) is 0 Å². The second-order valence-electron chi connectivity index (χ2n) is 6.66. The van der Waals surface area contributed by atoms with Gasteiger partial charge < -0.3 is 19.5 Å². The highest BCUT2D eigenvalue weighted by Gasteiger charge is 2.29. The van der Waals surface area contributed by atoms with Crippen LogP contribution in [0.1, 0.15) is 20.7 Å². The van der Waals surface area contributed by atoms with Crippen molar-refractivity contribution in [1.29, 1.82) is 0 Å². The number of fused-ring (bicyclic) bond motifs is 1. The third-order valence-electron chi connectivity index (χ3n) is 5.00. The van der Waals surface area contributed by atoms with Gasteiger partial charge in [-0.1, -0.05) is 23.2 Å². The zero-order chi connectivity index (χ0) is 20.5. The number of carbonyl (C=O) groups excluding carboxylic acids is 2. The number of aromatic nitrogens is 2. The van der Waals surface area contributed by atoms with Gasteiger partial charge in [0.2, 0.25) is 0 Å². The van der Waals surface area contributed by atoms with Gasteiger partial charge in [-0.15, -0.1) is 0 Å². The van der Waals surface area contributed by atoms with Crippen LogP contribution in [0.2, 0.25) is 10.0 Å². The first-order chi connectivity index (χ1) is 14.0. The molecule has 0 unspecified atom stereocenters. The first kappa shape index (κ1) is 19.5. The van der Waals surface area contributed by atoms with Crippen molar-refractivity contribution >= 4 is 46.0 Å². The molecule has 1 fully saturated rings. The van der Waals surface area contributed by atoms with Gasteiger partial charge in [0.25, 0.3) is 11.8 Å². The van der Waals surface area contributed by atoms with Crippen molar-refractivity contribution in [3.8, 4) is 5.75 Å². The number of carbonyl (C=O) groups is 2. The molecule has 0 atom stereocenters. The third-order valence-corrected chi connectivity index (χ3v) is 5.61. The second-order valence-corrected chi connectivity index (χ2v) is 7.47. The minimum absolute atomic E-state index is 0.0769. The fraction of sp³-hybridized carbons (Fsp3) is 0.250. The Bertz CT molecular complexity index is 1090. The first-order valence-corrected chi connectivity index (χ1v) is 9.79. The molecule has 0 aliphatic carbocycles. The zero-order valence-electron chi connectivity index (χ0n) is 15.6. The van der Waals surface area contributed by atoms with Gasteiger partial charge in [-0.3, -0.25) is 9.59 Å². The summed E-state index contributed by atoms with van der Waals surface area (Å²) in [4.78, 5) is 36.4. The highest BCUT2D eigenvalue weighted by atomic mass is 35.5. The van der Waals surface area contributed by atoms with Crippen molar-refractivity contribution < 1.29 is 14.3 Å². The lowest BCUT2D eigenvalue weighted by Gasteiger charge is -2.35. The predicted octanol–water partition coefficient (Wildman–Crippen LogP) is 3.48. The summed E-state index contributed by atoms with van der Waals surface area (Å²) in [6.07, 6.45) is 1.60. The van der Waals surface area contributed by atoms with Crippen LogP contribution in [0.5, 0.6) is 5.75 Å². The van der Waals surface area contributed by atoms with Crippen LogP contribution >= 0.6 is 23.2 Å². The Kier molecular flexibility index (Phi) is 5.34. The summed E-state index contributed by atoms with van der Waals surface area (Å²) in [7, 11) is 1.45. The maximum atomic E-state index is 13.0. The zero-order valence-corrected chi connectivity index (χ0v) is 17.1. The molecule has 9 heteroatoms. The Morgan fingerprint density at radius 1 is 1.00 bits per heavy atom. The Morgan fingerprint density at radius 2 is 1.66 bits per heavy atom. The number of halogens is 2. The van der Waals surface area contributed by atoms with Gasteiger partial charge in [0.15, 0.2) is 5.75 Å². The van der Waals surface area contributed by atoms with Crippen molar-refractivity contribution in [1.82, 2.24) is 19.8 Å². The summed E-state index contributed by atoms with van der Waals surface area (Å²) >= 11 is 12.4. The Hall–Kier alpha value is -2.77. The number of ether oxygens (including phenoxy) is 1. The van der Waals surface area contributed by atoms with Gasteiger partial charge in [0.1, 0.15) is 5.56 Å². The molecule has 1 N–H and O–H groups in total. The van der Waals surface area contributed by atoms with Gasteiger partial charge in [0.05, 0.1) is 34.5 Å². The predicted molar refractivity (Wildman–Crippen MR) is 111 cm³/mol. The number of imidazole rings is 1. The largest absolute Gasteiger partial charge is 0.494 e. The summed E-state index contributed by atoms with van der Waals surface area (Å²) in [6, 6.07) is 8.53. The molecule has 1 aliphatic heterocycles. The summed E-state index contributed by atoms with van der Waals surface area (Å²) in [6.45, 7) is 1.63. The molecule has 1 saturated heterocycles. The van der Waals surface area contributed by atoms with Crippen LogP contribution in [0.4, 0.5) is 0 Å². The molecular formula is C20H18Cl2N4O3. The lowest BCUT2D eigenvalue weighted by molar-refractivity contribution is 0.0534. The van der Waals surface area contributed by atoms with Crippen LogP contribution in [0.25, 0.3) is 11.0 Å². The third kappa shape index (κ3) is 3.63.